The number of aromatic nitrogens is 2. The van der Waals surface area contributed by atoms with Gasteiger partial charge in [0.1, 0.15) is 5.78 Å². The smallest absolute Gasteiger partial charge is 0.288 e. The molecular formula is C8H8BrClN2O2. The predicted molar refractivity (Wildman–Crippen MR) is 56.8 cm³/mol. The van der Waals surface area contributed by atoms with E-state index in [1.807, 2.05) is 0 Å². The third kappa shape index (κ3) is 2.42. The third-order valence-corrected chi connectivity index (χ3v) is 2.45. The molecule has 0 aromatic carbocycles. The molecule has 0 spiro atoms. The summed E-state index contributed by atoms with van der Waals surface area (Å²) in [5.74, 6) is -0.100. The summed E-state index contributed by atoms with van der Waals surface area (Å²) in [7, 11) is 0. The Balaban J connectivity index is 3.28. The average Bonchev–Trinajstić information content (AvgIpc) is 2.13. The lowest BCUT2D eigenvalue weighted by Gasteiger charge is -2.08. The van der Waals surface area contributed by atoms with Crippen LogP contribution < -0.4 is 5.56 Å². The second-order valence-electron chi connectivity index (χ2n) is 2.77. The maximum Gasteiger partial charge on any atom is 0.288 e. The fraction of sp³-hybridized carbons (Fsp3) is 0.375. The second-order valence-corrected chi connectivity index (χ2v) is 3.69. The van der Waals surface area contributed by atoms with E-state index in [4.69, 9.17) is 11.6 Å². The molecule has 0 saturated heterocycles. The van der Waals surface area contributed by atoms with Crippen molar-refractivity contribution in [2.24, 2.45) is 0 Å². The molecule has 0 saturated carbocycles. The van der Waals surface area contributed by atoms with Crippen molar-refractivity contribution in [2.45, 2.75) is 18.8 Å². The average molecular weight is 280 g/mol. The van der Waals surface area contributed by atoms with Gasteiger partial charge in [-0.25, -0.2) is 4.98 Å². The molecule has 0 aliphatic carbocycles. The fourth-order valence-corrected chi connectivity index (χ4v) is 1.60. The molecule has 6 heteroatoms. The molecule has 1 aromatic heterocycles. The fourth-order valence-electron chi connectivity index (χ4n) is 1.00. The number of Topliss-reactive ketones (excluding diaryl/α,β-unsaturated/α-hetero) is 1. The zero-order chi connectivity index (χ0) is 10.7. The van der Waals surface area contributed by atoms with E-state index >= 15 is 0 Å². The Bertz CT molecular complexity index is 416. The lowest BCUT2D eigenvalue weighted by molar-refractivity contribution is -0.117. The Morgan fingerprint density at radius 1 is 1.71 bits per heavy atom. The zero-order valence-corrected chi connectivity index (χ0v) is 9.80. The minimum absolute atomic E-state index is 0.0298. The van der Waals surface area contributed by atoms with E-state index in [0.29, 0.717) is 11.0 Å². The third-order valence-electron chi connectivity index (χ3n) is 1.61. The van der Waals surface area contributed by atoms with Crippen molar-refractivity contribution in [1.29, 1.82) is 0 Å². The Hall–Kier alpha value is -0.680. The minimum Gasteiger partial charge on any atom is -0.300 e. The van der Waals surface area contributed by atoms with Crippen LogP contribution in [-0.4, -0.2) is 15.3 Å². The van der Waals surface area contributed by atoms with Crippen molar-refractivity contribution in [3.05, 3.63) is 27.4 Å². The minimum atomic E-state index is -0.432. The lowest BCUT2D eigenvalue weighted by atomic mass is 10.4. The van der Waals surface area contributed by atoms with Crippen LogP contribution in [0.15, 0.2) is 11.0 Å². The molecule has 76 valence electrons. The van der Waals surface area contributed by atoms with Gasteiger partial charge in [-0.15, -0.1) is 0 Å². The largest absolute Gasteiger partial charge is 0.300 e. The standard InChI is InChI=1S/C8H8BrClN2O2/c1-5(13)4-12-6(2-9)3-11-7(10)8(12)14/h3H,2,4H2,1H3. The summed E-state index contributed by atoms with van der Waals surface area (Å²) in [5.41, 5.74) is 0.202. The van der Waals surface area contributed by atoms with E-state index in [-0.39, 0.29) is 17.5 Å². The first-order valence-electron chi connectivity index (χ1n) is 3.86. The summed E-state index contributed by atoms with van der Waals surface area (Å²) in [6.45, 7) is 1.45. The summed E-state index contributed by atoms with van der Waals surface area (Å²) < 4.78 is 1.31. The van der Waals surface area contributed by atoms with E-state index in [9.17, 15) is 9.59 Å². The maximum atomic E-state index is 11.5. The molecule has 0 N–H and O–H groups in total. The first-order valence-corrected chi connectivity index (χ1v) is 5.35. The SMILES string of the molecule is CC(=O)Cn1c(CBr)cnc(Cl)c1=O. The summed E-state index contributed by atoms with van der Waals surface area (Å²) in [5, 5.41) is 0.343. The molecule has 0 unspecified atom stereocenters. The predicted octanol–water partition coefficient (Wildman–Crippen LogP) is 1.38. The summed E-state index contributed by atoms with van der Waals surface area (Å²) in [4.78, 5) is 26.1. The van der Waals surface area contributed by atoms with Gasteiger partial charge in [-0.05, 0) is 6.92 Å². The molecule has 0 fully saturated rings. The molecule has 4 nitrogen and oxygen atoms in total. The number of halogens is 2. The highest BCUT2D eigenvalue weighted by atomic mass is 79.9. The molecule has 0 atom stereocenters. The molecule has 1 rings (SSSR count). The van der Waals surface area contributed by atoms with E-state index in [1.54, 1.807) is 0 Å². The topological polar surface area (TPSA) is 52.0 Å². The van der Waals surface area contributed by atoms with Crippen LogP contribution in [-0.2, 0) is 16.7 Å². The normalized spacial score (nSPS) is 10.2. The number of ketones is 1. The highest BCUT2D eigenvalue weighted by Gasteiger charge is 2.09. The van der Waals surface area contributed by atoms with E-state index in [2.05, 4.69) is 20.9 Å². The van der Waals surface area contributed by atoms with Crippen LogP contribution in [0.5, 0.6) is 0 Å². The number of hydrogen-bond donors (Lipinski definition) is 0. The van der Waals surface area contributed by atoms with Gasteiger partial charge >= 0.3 is 0 Å². The Labute approximate surface area is 94.0 Å². The van der Waals surface area contributed by atoms with Gasteiger partial charge in [-0.2, -0.15) is 0 Å². The van der Waals surface area contributed by atoms with Crippen LogP contribution in [0, 0.1) is 0 Å². The first-order chi connectivity index (χ1) is 6.56. The summed E-state index contributed by atoms with van der Waals surface area (Å²) >= 11 is 8.76. The quantitative estimate of drug-likeness (QED) is 0.786. The van der Waals surface area contributed by atoms with Crippen molar-refractivity contribution in [3.63, 3.8) is 0 Å². The van der Waals surface area contributed by atoms with Crippen molar-refractivity contribution in [3.8, 4) is 0 Å². The number of rotatable bonds is 3. The number of nitrogens with zero attached hydrogens (tertiary/aromatic N) is 2. The van der Waals surface area contributed by atoms with Crippen LogP contribution in [0.4, 0.5) is 0 Å². The Morgan fingerprint density at radius 3 is 2.86 bits per heavy atom. The maximum absolute atomic E-state index is 11.5. The Morgan fingerprint density at radius 2 is 2.36 bits per heavy atom. The molecule has 0 amide bonds. The second kappa shape index (κ2) is 4.70. The zero-order valence-electron chi connectivity index (χ0n) is 7.46. The van der Waals surface area contributed by atoms with Crippen LogP contribution in [0.25, 0.3) is 0 Å². The molecule has 1 heterocycles. The van der Waals surface area contributed by atoms with Gasteiger partial charge in [0, 0.05) is 11.5 Å². The molecule has 1 aromatic rings. The van der Waals surface area contributed by atoms with E-state index in [0.717, 1.165) is 0 Å². The van der Waals surface area contributed by atoms with E-state index < -0.39 is 5.56 Å². The molecule has 0 aliphatic heterocycles. The molecule has 0 radical (unpaired) electrons. The Kier molecular flexibility index (Phi) is 3.83. The van der Waals surface area contributed by atoms with E-state index in [1.165, 1.54) is 17.7 Å². The van der Waals surface area contributed by atoms with Gasteiger partial charge in [0.25, 0.3) is 5.56 Å². The molecular weight excluding hydrogens is 271 g/mol. The van der Waals surface area contributed by atoms with Gasteiger partial charge in [0.05, 0.1) is 12.2 Å². The first kappa shape index (κ1) is 11.4. The molecule has 0 aliphatic rings. The highest BCUT2D eigenvalue weighted by molar-refractivity contribution is 9.08. The summed E-state index contributed by atoms with van der Waals surface area (Å²) in [6, 6.07) is 0. The lowest BCUT2D eigenvalue weighted by Crippen LogP contribution is -2.27. The van der Waals surface area contributed by atoms with Crippen molar-refractivity contribution in [1.82, 2.24) is 9.55 Å². The van der Waals surface area contributed by atoms with Crippen LogP contribution in [0.1, 0.15) is 12.6 Å². The number of hydrogen-bond acceptors (Lipinski definition) is 3. The van der Waals surface area contributed by atoms with Crippen molar-refractivity contribution >= 4 is 33.3 Å². The van der Waals surface area contributed by atoms with Gasteiger partial charge < -0.3 is 4.57 Å². The number of carbonyl (C=O) groups is 1. The number of carbonyl (C=O) groups excluding carboxylic acids is 1. The molecule has 14 heavy (non-hydrogen) atoms. The highest BCUT2D eigenvalue weighted by Crippen LogP contribution is 2.04. The number of alkyl halides is 1. The van der Waals surface area contributed by atoms with Gasteiger partial charge in [0.2, 0.25) is 0 Å². The summed E-state index contributed by atoms with van der Waals surface area (Å²) in [6.07, 6.45) is 1.47. The van der Waals surface area contributed by atoms with Gasteiger partial charge in [0.15, 0.2) is 5.15 Å². The monoisotopic (exact) mass is 278 g/mol. The van der Waals surface area contributed by atoms with Crippen molar-refractivity contribution < 1.29 is 4.79 Å². The van der Waals surface area contributed by atoms with Crippen LogP contribution in [0.2, 0.25) is 5.15 Å². The van der Waals surface area contributed by atoms with Crippen LogP contribution in [0.3, 0.4) is 0 Å². The van der Waals surface area contributed by atoms with Crippen molar-refractivity contribution in [2.75, 3.05) is 0 Å². The van der Waals surface area contributed by atoms with Crippen LogP contribution >= 0.6 is 27.5 Å². The van der Waals surface area contributed by atoms with Gasteiger partial charge in [-0.3, -0.25) is 9.59 Å². The van der Waals surface area contributed by atoms with Gasteiger partial charge in [-0.1, -0.05) is 27.5 Å². The molecule has 0 bridgehead atoms.